The third kappa shape index (κ3) is 8.97. The van der Waals surface area contributed by atoms with Crippen molar-refractivity contribution in [1.82, 2.24) is 9.55 Å². The van der Waals surface area contributed by atoms with Crippen molar-refractivity contribution in [2.75, 3.05) is 16.5 Å². The minimum absolute atomic E-state index is 0.00985. The van der Waals surface area contributed by atoms with Crippen LogP contribution in [0.2, 0.25) is 0 Å². The minimum atomic E-state index is -0.310. The Kier molecular flexibility index (Phi) is 11.8. The lowest BCUT2D eigenvalue weighted by Gasteiger charge is -2.31. The van der Waals surface area contributed by atoms with Crippen LogP contribution in [0.15, 0.2) is 163 Å². The van der Waals surface area contributed by atoms with E-state index in [1.807, 2.05) is 6.20 Å². The van der Waals surface area contributed by atoms with E-state index < -0.39 is 0 Å². The number of nitrogens with zero attached hydrogens (tertiary/aromatic N) is 4. The number of fused-ring (bicyclic) bond motifs is 3. The van der Waals surface area contributed by atoms with Gasteiger partial charge in [-0.2, -0.15) is 0 Å². The second-order valence-electron chi connectivity index (χ2n) is 23.6. The number of allylic oxidation sites excluding steroid dienone is 2. The Morgan fingerprint density at radius 2 is 0.942 bits per heavy atom. The molecule has 1 aliphatic heterocycles. The van der Waals surface area contributed by atoms with Crippen LogP contribution in [0.25, 0.3) is 27.6 Å². The number of rotatable bonds is 9. The lowest BCUT2D eigenvalue weighted by atomic mass is 9.78. The van der Waals surface area contributed by atoms with Gasteiger partial charge in [0.25, 0.3) is 0 Å². The second kappa shape index (κ2) is 17.1. The topological polar surface area (TPSA) is 33.5 Å². The highest BCUT2D eigenvalue weighted by molar-refractivity contribution is 6.09. The Balaban J connectivity index is 1.17. The van der Waals surface area contributed by atoms with Gasteiger partial charge in [0.1, 0.15) is 17.3 Å². The van der Waals surface area contributed by atoms with E-state index in [9.17, 15) is 0 Å². The molecule has 0 saturated heterocycles. The van der Waals surface area contributed by atoms with Crippen LogP contribution in [0.5, 0.6) is 11.5 Å². The van der Waals surface area contributed by atoms with Crippen molar-refractivity contribution in [2.24, 2.45) is 0 Å². The first-order valence-corrected chi connectivity index (χ1v) is 24.8. The molecule has 0 radical (unpaired) electrons. The van der Waals surface area contributed by atoms with Gasteiger partial charge in [0.2, 0.25) is 0 Å². The average Bonchev–Trinajstić information content (AvgIpc) is 3.80. The predicted octanol–water partition coefficient (Wildman–Crippen LogP) is 17.1. The lowest BCUT2D eigenvalue weighted by Crippen LogP contribution is -2.28. The van der Waals surface area contributed by atoms with Gasteiger partial charge in [0, 0.05) is 62.7 Å². The molecule has 0 saturated carbocycles. The maximum absolute atomic E-state index is 7.15. The third-order valence-electron chi connectivity index (χ3n) is 15.0. The Labute approximate surface area is 412 Å². The fourth-order valence-corrected chi connectivity index (χ4v) is 9.97. The van der Waals surface area contributed by atoms with Gasteiger partial charge in [-0.25, -0.2) is 4.98 Å². The highest BCUT2D eigenvalue weighted by Gasteiger charge is 2.32. The van der Waals surface area contributed by atoms with Gasteiger partial charge in [0.15, 0.2) is 0 Å². The van der Waals surface area contributed by atoms with E-state index in [1.54, 1.807) is 0 Å². The van der Waals surface area contributed by atoms with Gasteiger partial charge in [-0.15, -0.1) is 0 Å². The summed E-state index contributed by atoms with van der Waals surface area (Å²) in [4.78, 5) is 10.0. The zero-order valence-corrected chi connectivity index (χ0v) is 43.8. The zero-order valence-electron chi connectivity index (χ0n) is 43.8. The zero-order chi connectivity index (χ0) is 49.4. The van der Waals surface area contributed by atoms with Gasteiger partial charge in [-0.05, 0) is 130 Å². The SMILES string of the molecule is CC1=C(C)N(c2cc(Oc3ccc4c5cc(C(C)(C)C)ccc5n(-c5cc(C(C)(C)c6ccccc6)ccn5)c4c3)cc(C(C)(C)c3ccccc3)c2)CN1c1cc(C(C)(C)C)cc(C(C)(C)C)c1. The standard InChI is InChI=1S/C64H72N4O/c1-42-43(2)67(41-66(42)51-33-48(61(6,7)8)32-49(34-51)62(9,10)11)52-35-50(64(14,15)45-24-20-17-21-25-45)36-54(39-52)69-53-27-28-55-56-37-46(60(3,4)5)26-29-57(56)68(58(55)40-53)59-38-47(30-31-65-59)63(12,13)44-22-18-16-19-23-44/h16-40H,41H2,1-15H3. The number of benzene rings is 6. The van der Waals surface area contributed by atoms with Crippen LogP contribution in [0, 0.1) is 0 Å². The molecule has 0 N–H and O–H groups in total. The van der Waals surface area contributed by atoms with Gasteiger partial charge in [0.05, 0.1) is 17.7 Å². The molecule has 0 aliphatic carbocycles. The molecule has 8 aromatic rings. The molecule has 5 nitrogen and oxygen atoms in total. The highest BCUT2D eigenvalue weighted by Crippen LogP contribution is 2.44. The monoisotopic (exact) mass is 913 g/mol. The quantitative estimate of drug-likeness (QED) is 0.144. The molecule has 354 valence electrons. The van der Waals surface area contributed by atoms with E-state index in [4.69, 9.17) is 9.72 Å². The number of anilines is 2. The molecule has 0 fully saturated rings. The van der Waals surface area contributed by atoms with Crippen molar-refractivity contribution >= 4 is 33.2 Å². The van der Waals surface area contributed by atoms with E-state index in [0.717, 1.165) is 39.4 Å². The van der Waals surface area contributed by atoms with Crippen LogP contribution in [-0.4, -0.2) is 16.2 Å². The summed E-state index contributed by atoms with van der Waals surface area (Å²) < 4.78 is 9.47. The number of hydrogen-bond acceptors (Lipinski definition) is 4. The van der Waals surface area contributed by atoms with Crippen LogP contribution in [0.1, 0.15) is 143 Å². The fraction of sp³-hybridized carbons (Fsp3) is 0.328. The minimum Gasteiger partial charge on any atom is -0.457 e. The maximum atomic E-state index is 7.15. The van der Waals surface area contributed by atoms with Crippen molar-refractivity contribution in [3.05, 3.63) is 202 Å². The molecule has 0 unspecified atom stereocenters. The first-order valence-electron chi connectivity index (χ1n) is 24.8. The largest absolute Gasteiger partial charge is 0.457 e. The molecular weight excluding hydrogens is 841 g/mol. The highest BCUT2D eigenvalue weighted by atomic mass is 16.5. The molecule has 6 aromatic carbocycles. The number of aromatic nitrogens is 2. The summed E-state index contributed by atoms with van der Waals surface area (Å²) >= 11 is 0. The van der Waals surface area contributed by atoms with Crippen molar-refractivity contribution in [1.29, 1.82) is 0 Å². The Morgan fingerprint density at radius 3 is 1.51 bits per heavy atom. The molecule has 2 aromatic heterocycles. The summed E-state index contributed by atoms with van der Waals surface area (Å²) in [6.45, 7) is 35.1. The number of pyridine rings is 1. The maximum Gasteiger partial charge on any atom is 0.137 e. The molecule has 5 heteroatoms. The van der Waals surface area contributed by atoms with Gasteiger partial charge >= 0.3 is 0 Å². The Bertz CT molecular complexity index is 3210. The van der Waals surface area contributed by atoms with Crippen molar-refractivity contribution in [3.8, 4) is 17.3 Å². The molecule has 0 atom stereocenters. The summed E-state index contributed by atoms with van der Waals surface area (Å²) in [6.07, 6.45) is 1.96. The smallest absolute Gasteiger partial charge is 0.137 e. The first kappa shape index (κ1) is 47.5. The molecule has 1 aliphatic rings. The van der Waals surface area contributed by atoms with Gasteiger partial charge in [-0.3, -0.25) is 4.57 Å². The normalized spacial score (nSPS) is 14.1. The van der Waals surface area contributed by atoms with Crippen LogP contribution in [-0.2, 0) is 27.1 Å². The molecule has 0 amide bonds. The third-order valence-corrected chi connectivity index (χ3v) is 15.0. The van der Waals surface area contributed by atoms with Crippen molar-refractivity contribution < 1.29 is 4.74 Å². The second-order valence-corrected chi connectivity index (χ2v) is 23.6. The Hall–Kier alpha value is -6.59. The molecule has 3 heterocycles. The summed E-state index contributed by atoms with van der Waals surface area (Å²) in [7, 11) is 0. The lowest BCUT2D eigenvalue weighted by molar-refractivity contribution is 0.480. The van der Waals surface area contributed by atoms with Crippen LogP contribution in [0.3, 0.4) is 0 Å². The van der Waals surface area contributed by atoms with Crippen LogP contribution >= 0.6 is 0 Å². The molecule has 0 spiro atoms. The van der Waals surface area contributed by atoms with E-state index in [-0.39, 0.29) is 27.1 Å². The molecule has 0 bridgehead atoms. The summed E-state index contributed by atoms with van der Waals surface area (Å²) in [5.74, 6) is 2.44. The van der Waals surface area contributed by atoms with Gasteiger partial charge < -0.3 is 14.5 Å². The molecule has 9 rings (SSSR count). The van der Waals surface area contributed by atoms with Gasteiger partial charge in [-0.1, -0.05) is 163 Å². The van der Waals surface area contributed by atoms with E-state index in [2.05, 4.69) is 264 Å². The fourth-order valence-electron chi connectivity index (χ4n) is 9.97. The molecular formula is C64H72N4O. The van der Waals surface area contributed by atoms with E-state index in [1.165, 1.54) is 61.4 Å². The summed E-state index contributed by atoms with van der Waals surface area (Å²) in [5, 5.41) is 2.36. The average molecular weight is 913 g/mol. The summed E-state index contributed by atoms with van der Waals surface area (Å²) in [5.41, 5.74) is 15.3. The van der Waals surface area contributed by atoms with Crippen LogP contribution in [0.4, 0.5) is 11.4 Å². The van der Waals surface area contributed by atoms with Crippen molar-refractivity contribution in [2.45, 2.75) is 131 Å². The van der Waals surface area contributed by atoms with E-state index >= 15 is 0 Å². The van der Waals surface area contributed by atoms with Crippen LogP contribution < -0.4 is 14.5 Å². The predicted molar refractivity (Wildman–Crippen MR) is 293 cm³/mol. The number of hydrogen-bond donors (Lipinski definition) is 0. The Morgan fingerprint density at radius 1 is 0.406 bits per heavy atom. The van der Waals surface area contributed by atoms with Crippen molar-refractivity contribution in [3.63, 3.8) is 0 Å². The molecule has 69 heavy (non-hydrogen) atoms. The summed E-state index contributed by atoms with van der Waals surface area (Å²) in [6, 6.07) is 53.5. The van der Waals surface area contributed by atoms with E-state index in [0.29, 0.717) is 6.67 Å². The number of ether oxygens (including phenoxy) is 1. The first-order chi connectivity index (χ1) is 32.4.